The number of hydrogen-bond donors (Lipinski definition) is 1. The van der Waals surface area contributed by atoms with Crippen LogP contribution in [0.4, 0.5) is 0 Å². The second kappa shape index (κ2) is 14.8. The fourth-order valence-corrected chi connectivity index (χ4v) is 2.33. The van der Waals surface area contributed by atoms with Crippen molar-refractivity contribution in [2.45, 2.75) is 96.5 Å². The number of unbranched alkanes of at least 4 members (excludes halogenated alkanes) is 9. The Balaban J connectivity index is 3.10. The minimum Gasteiger partial charge on any atom is -0.393 e. The fraction of sp³-hybridized carbons (Fsp3) is 0.882. The van der Waals surface area contributed by atoms with Gasteiger partial charge in [-0.2, -0.15) is 0 Å². The lowest BCUT2D eigenvalue weighted by molar-refractivity contribution is 0.147. The van der Waals surface area contributed by atoms with Gasteiger partial charge in [-0.1, -0.05) is 70.8 Å². The van der Waals surface area contributed by atoms with Crippen LogP contribution >= 0.6 is 0 Å². The van der Waals surface area contributed by atoms with E-state index >= 15 is 0 Å². The van der Waals surface area contributed by atoms with Crippen molar-refractivity contribution in [3.05, 3.63) is 12.7 Å². The lowest BCUT2D eigenvalue weighted by Crippen LogP contribution is -2.05. The Hall–Kier alpha value is -0.300. The SMILES string of the molecule is C=CCCCCC(O)CCCCCCCCCC. The van der Waals surface area contributed by atoms with Crippen LogP contribution in [-0.4, -0.2) is 11.2 Å². The zero-order chi connectivity index (χ0) is 13.5. The zero-order valence-corrected chi connectivity index (χ0v) is 12.5. The van der Waals surface area contributed by atoms with Crippen LogP contribution in [-0.2, 0) is 0 Å². The number of hydrogen-bond acceptors (Lipinski definition) is 1. The Morgan fingerprint density at radius 2 is 1.33 bits per heavy atom. The molecule has 0 saturated heterocycles. The average molecular weight is 254 g/mol. The maximum atomic E-state index is 9.80. The molecule has 0 spiro atoms. The van der Waals surface area contributed by atoms with E-state index in [0.29, 0.717) is 0 Å². The Kier molecular flexibility index (Phi) is 14.5. The summed E-state index contributed by atoms with van der Waals surface area (Å²) in [6.45, 7) is 5.97. The second-order valence-corrected chi connectivity index (χ2v) is 5.49. The van der Waals surface area contributed by atoms with Crippen molar-refractivity contribution in [3.8, 4) is 0 Å². The van der Waals surface area contributed by atoms with Crippen LogP contribution in [0.1, 0.15) is 90.4 Å². The summed E-state index contributed by atoms with van der Waals surface area (Å²) in [5, 5.41) is 9.80. The van der Waals surface area contributed by atoms with Gasteiger partial charge in [-0.15, -0.1) is 6.58 Å². The largest absolute Gasteiger partial charge is 0.393 e. The smallest absolute Gasteiger partial charge is 0.0540 e. The van der Waals surface area contributed by atoms with E-state index < -0.39 is 0 Å². The summed E-state index contributed by atoms with van der Waals surface area (Å²) in [5.74, 6) is 0. The van der Waals surface area contributed by atoms with E-state index in [0.717, 1.165) is 25.7 Å². The van der Waals surface area contributed by atoms with Gasteiger partial charge >= 0.3 is 0 Å². The molecule has 108 valence electrons. The summed E-state index contributed by atoms with van der Waals surface area (Å²) in [6, 6.07) is 0. The molecule has 0 aliphatic heterocycles. The Bertz CT molecular complexity index is 165. The molecule has 0 heterocycles. The maximum absolute atomic E-state index is 9.80. The molecule has 0 aliphatic rings. The van der Waals surface area contributed by atoms with E-state index in [4.69, 9.17) is 0 Å². The third-order valence-electron chi connectivity index (χ3n) is 3.59. The van der Waals surface area contributed by atoms with Gasteiger partial charge in [0.2, 0.25) is 0 Å². The average Bonchev–Trinajstić information content (AvgIpc) is 2.38. The standard InChI is InChI=1S/C17H34O/c1-3-5-7-9-10-11-12-14-16-17(18)15-13-8-6-4-2/h4,17-18H,2-3,5-16H2,1H3. The van der Waals surface area contributed by atoms with Gasteiger partial charge in [-0.25, -0.2) is 0 Å². The first kappa shape index (κ1) is 17.7. The molecular formula is C17H34O. The van der Waals surface area contributed by atoms with Crippen molar-refractivity contribution in [1.29, 1.82) is 0 Å². The minimum atomic E-state index is -0.0603. The van der Waals surface area contributed by atoms with Crippen molar-refractivity contribution < 1.29 is 5.11 Å². The molecule has 0 bridgehead atoms. The van der Waals surface area contributed by atoms with Crippen LogP contribution in [0.3, 0.4) is 0 Å². The third-order valence-corrected chi connectivity index (χ3v) is 3.59. The second-order valence-electron chi connectivity index (χ2n) is 5.49. The first-order valence-corrected chi connectivity index (χ1v) is 8.10. The molecule has 0 rings (SSSR count). The van der Waals surface area contributed by atoms with E-state index in [2.05, 4.69) is 13.5 Å². The molecule has 0 radical (unpaired) electrons. The van der Waals surface area contributed by atoms with Gasteiger partial charge in [0.25, 0.3) is 0 Å². The number of rotatable bonds is 14. The predicted octanol–water partition coefficient (Wildman–Crippen LogP) is 5.62. The highest BCUT2D eigenvalue weighted by molar-refractivity contribution is 4.66. The molecular weight excluding hydrogens is 220 g/mol. The molecule has 1 N–H and O–H groups in total. The molecule has 0 amide bonds. The molecule has 0 aliphatic carbocycles. The van der Waals surface area contributed by atoms with Gasteiger partial charge < -0.3 is 5.11 Å². The topological polar surface area (TPSA) is 20.2 Å². The molecule has 1 unspecified atom stereocenters. The fourth-order valence-electron chi connectivity index (χ4n) is 2.33. The van der Waals surface area contributed by atoms with E-state index in [1.807, 2.05) is 6.08 Å². The normalized spacial score (nSPS) is 12.6. The van der Waals surface area contributed by atoms with Crippen LogP contribution in [0.15, 0.2) is 12.7 Å². The van der Waals surface area contributed by atoms with E-state index in [1.54, 1.807) is 0 Å². The van der Waals surface area contributed by atoms with Crippen molar-refractivity contribution in [2.75, 3.05) is 0 Å². The molecule has 0 fully saturated rings. The Morgan fingerprint density at radius 3 is 1.89 bits per heavy atom. The molecule has 0 aromatic heterocycles. The summed E-state index contributed by atoms with van der Waals surface area (Å²) < 4.78 is 0. The lowest BCUT2D eigenvalue weighted by atomic mass is 10.0. The molecule has 1 nitrogen and oxygen atoms in total. The first-order valence-electron chi connectivity index (χ1n) is 8.10. The summed E-state index contributed by atoms with van der Waals surface area (Å²) in [7, 11) is 0. The highest BCUT2D eigenvalue weighted by Gasteiger charge is 2.03. The Morgan fingerprint density at radius 1 is 0.833 bits per heavy atom. The van der Waals surface area contributed by atoms with Gasteiger partial charge in [-0.3, -0.25) is 0 Å². The molecule has 18 heavy (non-hydrogen) atoms. The van der Waals surface area contributed by atoms with Gasteiger partial charge in [-0.05, 0) is 25.7 Å². The van der Waals surface area contributed by atoms with Crippen molar-refractivity contribution >= 4 is 0 Å². The van der Waals surface area contributed by atoms with Crippen LogP contribution in [0, 0.1) is 0 Å². The van der Waals surface area contributed by atoms with Gasteiger partial charge in [0.15, 0.2) is 0 Å². The van der Waals surface area contributed by atoms with Crippen molar-refractivity contribution in [2.24, 2.45) is 0 Å². The van der Waals surface area contributed by atoms with E-state index in [1.165, 1.54) is 57.8 Å². The van der Waals surface area contributed by atoms with Crippen LogP contribution < -0.4 is 0 Å². The van der Waals surface area contributed by atoms with Gasteiger partial charge in [0.05, 0.1) is 6.10 Å². The van der Waals surface area contributed by atoms with Crippen LogP contribution in [0.5, 0.6) is 0 Å². The van der Waals surface area contributed by atoms with Crippen molar-refractivity contribution in [1.82, 2.24) is 0 Å². The highest BCUT2D eigenvalue weighted by Crippen LogP contribution is 2.13. The monoisotopic (exact) mass is 254 g/mol. The molecule has 1 atom stereocenters. The van der Waals surface area contributed by atoms with Gasteiger partial charge in [0, 0.05) is 0 Å². The number of aliphatic hydroxyl groups is 1. The quantitative estimate of drug-likeness (QED) is 0.315. The Labute approximate surface area is 115 Å². The van der Waals surface area contributed by atoms with Crippen molar-refractivity contribution in [3.63, 3.8) is 0 Å². The summed E-state index contributed by atoms with van der Waals surface area (Å²) in [6.07, 6.45) is 18.1. The summed E-state index contributed by atoms with van der Waals surface area (Å²) in [4.78, 5) is 0. The van der Waals surface area contributed by atoms with E-state index in [9.17, 15) is 5.11 Å². The zero-order valence-electron chi connectivity index (χ0n) is 12.5. The number of aliphatic hydroxyl groups excluding tert-OH is 1. The number of allylic oxidation sites excluding steroid dienone is 1. The molecule has 0 aromatic rings. The lowest BCUT2D eigenvalue weighted by Gasteiger charge is -2.09. The van der Waals surface area contributed by atoms with Crippen LogP contribution in [0.2, 0.25) is 0 Å². The highest BCUT2D eigenvalue weighted by atomic mass is 16.3. The summed E-state index contributed by atoms with van der Waals surface area (Å²) >= 11 is 0. The van der Waals surface area contributed by atoms with Crippen LogP contribution in [0.25, 0.3) is 0 Å². The molecule has 1 heteroatoms. The van der Waals surface area contributed by atoms with Gasteiger partial charge in [0.1, 0.15) is 0 Å². The molecule has 0 aromatic carbocycles. The summed E-state index contributed by atoms with van der Waals surface area (Å²) in [5.41, 5.74) is 0. The van der Waals surface area contributed by atoms with E-state index in [-0.39, 0.29) is 6.10 Å². The first-order chi connectivity index (χ1) is 8.81. The molecule has 0 saturated carbocycles. The minimum absolute atomic E-state index is 0.0603. The third kappa shape index (κ3) is 13.8. The maximum Gasteiger partial charge on any atom is 0.0540 e. The predicted molar refractivity (Wildman–Crippen MR) is 81.9 cm³/mol.